The third-order valence-corrected chi connectivity index (χ3v) is 4.26. The summed E-state index contributed by atoms with van der Waals surface area (Å²) in [5.41, 5.74) is 1.90. The van der Waals surface area contributed by atoms with Crippen molar-refractivity contribution in [2.24, 2.45) is 0 Å². The normalized spacial score (nSPS) is 11.3. The van der Waals surface area contributed by atoms with Crippen molar-refractivity contribution in [3.8, 4) is 0 Å². The summed E-state index contributed by atoms with van der Waals surface area (Å²) in [6.07, 6.45) is 0.333. The Kier molecular flexibility index (Phi) is 7.14. The molecule has 1 atom stereocenters. The molecule has 0 aliphatic rings. The highest BCUT2D eigenvalue weighted by Gasteiger charge is 2.22. The second-order valence-corrected chi connectivity index (χ2v) is 6.89. The van der Waals surface area contributed by atoms with E-state index in [9.17, 15) is 14.4 Å². The third kappa shape index (κ3) is 5.83. The van der Waals surface area contributed by atoms with E-state index in [4.69, 9.17) is 4.74 Å². The van der Waals surface area contributed by atoms with Crippen LogP contribution >= 0.6 is 22.6 Å². The van der Waals surface area contributed by atoms with E-state index in [1.807, 2.05) is 24.3 Å². The van der Waals surface area contributed by atoms with E-state index in [1.165, 1.54) is 14.0 Å². The Morgan fingerprint density at radius 3 is 2.38 bits per heavy atom. The van der Waals surface area contributed by atoms with E-state index in [0.717, 1.165) is 9.13 Å². The molecule has 136 valence electrons. The molecule has 2 aromatic carbocycles. The van der Waals surface area contributed by atoms with E-state index in [2.05, 4.69) is 33.2 Å². The van der Waals surface area contributed by atoms with Crippen LogP contribution in [0.15, 0.2) is 48.5 Å². The Labute approximate surface area is 165 Å². The standard InChI is InChI=1S/C19H19IN2O4/c1-12(23)21-16-8-6-14(7-9-16)18(24)22-17(19(25)26-2)11-13-4-3-5-15(20)10-13/h3-10,17H,11H2,1-2H3,(H,21,23)(H,22,24)/t17-/m0/s1. The number of anilines is 1. The van der Waals surface area contributed by atoms with Gasteiger partial charge in [-0.1, -0.05) is 12.1 Å². The van der Waals surface area contributed by atoms with Gasteiger partial charge in [-0.2, -0.15) is 0 Å². The quantitative estimate of drug-likeness (QED) is 0.507. The minimum absolute atomic E-state index is 0.189. The fourth-order valence-corrected chi connectivity index (χ4v) is 2.99. The van der Waals surface area contributed by atoms with Crippen LogP contribution in [0.3, 0.4) is 0 Å². The second-order valence-electron chi connectivity index (χ2n) is 5.64. The molecule has 0 aromatic heterocycles. The molecule has 7 heteroatoms. The van der Waals surface area contributed by atoms with Gasteiger partial charge >= 0.3 is 5.97 Å². The van der Waals surface area contributed by atoms with Crippen LogP contribution in [0.1, 0.15) is 22.8 Å². The summed E-state index contributed by atoms with van der Waals surface area (Å²) in [4.78, 5) is 35.6. The van der Waals surface area contributed by atoms with Crippen molar-refractivity contribution in [2.75, 3.05) is 12.4 Å². The zero-order valence-corrected chi connectivity index (χ0v) is 16.6. The van der Waals surface area contributed by atoms with Gasteiger partial charge in [0.2, 0.25) is 5.91 Å². The SMILES string of the molecule is COC(=O)[C@H](Cc1cccc(I)c1)NC(=O)c1ccc(NC(C)=O)cc1. The van der Waals surface area contributed by atoms with Crippen molar-refractivity contribution < 1.29 is 19.1 Å². The van der Waals surface area contributed by atoms with Gasteiger partial charge in [-0.15, -0.1) is 0 Å². The summed E-state index contributed by atoms with van der Waals surface area (Å²) >= 11 is 2.19. The van der Waals surface area contributed by atoms with E-state index < -0.39 is 12.0 Å². The number of methoxy groups -OCH3 is 1. The molecular formula is C19H19IN2O4. The van der Waals surface area contributed by atoms with Crippen LogP contribution in [0.2, 0.25) is 0 Å². The maximum atomic E-state index is 12.5. The molecule has 2 aromatic rings. The molecule has 2 N–H and O–H groups in total. The van der Waals surface area contributed by atoms with Gasteiger partial charge in [0.1, 0.15) is 6.04 Å². The number of hydrogen-bond donors (Lipinski definition) is 2. The molecule has 0 spiro atoms. The van der Waals surface area contributed by atoms with E-state index in [-0.39, 0.29) is 11.8 Å². The molecule has 6 nitrogen and oxygen atoms in total. The Balaban J connectivity index is 2.10. The predicted octanol–water partition coefficient (Wildman–Crippen LogP) is 2.76. The zero-order valence-electron chi connectivity index (χ0n) is 14.4. The Morgan fingerprint density at radius 1 is 1.12 bits per heavy atom. The van der Waals surface area contributed by atoms with Crippen LogP contribution in [-0.4, -0.2) is 30.9 Å². The van der Waals surface area contributed by atoms with Crippen molar-refractivity contribution in [3.05, 3.63) is 63.2 Å². The summed E-state index contributed by atoms with van der Waals surface area (Å²) < 4.78 is 5.86. The van der Waals surface area contributed by atoms with Gasteiger partial charge in [0.05, 0.1) is 7.11 Å². The first kappa shape index (κ1) is 19.9. The van der Waals surface area contributed by atoms with Crippen LogP contribution in [-0.2, 0) is 20.7 Å². The number of halogens is 1. The van der Waals surface area contributed by atoms with Gasteiger partial charge in [-0.05, 0) is 64.6 Å². The average molecular weight is 466 g/mol. The van der Waals surface area contributed by atoms with E-state index >= 15 is 0 Å². The predicted molar refractivity (Wildman–Crippen MR) is 107 cm³/mol. The van der Waals surface area contributed by atoms with E-state index in [1.54, 1.807) is 24.3 Å². The molecule has 0 aliphatic heterocycles. The maximum Gasteiger partial charge on any atom is 0.328 e. The lowest BCUT2D eigenvalue weighted by molar-refractivity contribution is -0.142. The van der Waals surface area contributed by atoms with Crippen molar-refractivity contribution in [1.82, 2.24) is 5.32 Å². The van der Waals surface area contributed by atoms with Crippen LogP contribution in [0, 0.1) is 3.57 Å². The van der Waals surface area contributed by atoms with Crippen LogP contribution < -0.4 is 10.6 Å². The Bertz CT molecular complexity index is 805. The fraction of sp³-hybridized carbons (Fsp3) is 0.211. The lowest BCUT2D eigenvalue weighted by Gasteiger charge is -2.17. The molecule has 0 bridgehead atoms. The van der Waals surface area contributed by atoms with Gasteiger partial charge < -0.3 is 15.4 Å². The minimum atomic E-state index is -0.791. The molecule has 0 fully saturated rings. The zero-order chi connectivity index (χ0) is 19.1. The number of esters is 1. The number of amides is 2. The lowest BCUT2D eigenvalue weighted by Crippen LogP contribution is -2.43. The van der Waals surface area contributed by atoms with Gasteiger partial charge in [0.25, 0.3) is 5.91 Å². The first-order valence-electron chi connectivity index (χ1n) is 7.90. The topological polar surface area (TPSA) is 84.5 Å². The molecular weight excluding hydrogens is 447 g/mol. The van der Waals surface area contributed by atoms with E-state index in [0.29, 0.717) is 17.7 Å². The summed E-state index contributed by atoms with van der Waals surface area (Å²) in [7, 11) is 1.29. The van der Waals surface area contributed by atoms with Crippen LogP contribution in [0.25, 0.3) is 0 Å². The summed E-state index contributed by atoms with van der Waals surface area (Å²) in [6, 6.07) is 13.3. The van der Waals surface area contributed by atoms with Crippen molar-refractivity contribution in [1.29, 1.82) is 0 Å². The molecule has 0 radical (unpaired) electrons. The molecule has 0 heterocycles. The number of carbonyl (C=O) groups is 3. The third-order valence-electron chi connectivity index (χ3n) is 3.59. The second kappa shape index (κ2) is 9.33. The molecule has 0 saturated carbocycles. The Hall–Kier alpha value is -2.42. The van der Waals surface area contributed by atoms with Gasteiger partial charge in [0.15, 0.2) is 0 Å². The molecule has 0 aliphatic carbocycles. The number of ether oxygens (including phenoxy) is 1. The lowest BCUT2D eigenvalue weighted by atomic mass is 10.1. The minimum Gasteiger partial charge on any atom is -0.467 e. The maximum absolute atomic E-state index is 12.5. The van der Waals surface area contributed by atoms with Crippen LogP contribution in [0.4, 0.5) is 5.69 Å². The number of rotatable bonds is 6. The summed E-state index contributed by atoms with van der Waals surface area (Å²) in [5, 5.41) is 5.34. The summed E-state index contributed by atoms with van der Waals surface area (Å²) in [5.74, 6) is -1.09. The van der Waals surface area contributed by atoms with Crippen molar-refractivity contribution in [2.45, 2.75) is 19.4 Å². The molecule has 26 heavy (non-hydrogen) atoms. The number of benzene rings is 2. The molecule has 2 amide bonds. The molecule has 0 saturated heterocycles. The summed E-state index contributed by atoms with van der Waals surface area (Å²) in [6.45, 7) is 1.41. The number of nitrogens with one attached hydrogen (secondary N) is 2. The first-order valence-corrected chi connectivity index (χ1v) is 8.97. The highest BCUT2D eigenvalue weighted by molar-refractivity contribution is 14.1. The van der Waals surface area contributed by atoms with Crippen LogP contribution in [0.5, 0.6) is 0 Å². The number of carbonyl (C=O) groups excluding carboxylic acids is 3. The average Bonchev–Trinajstić information content (AvgIpc) is 2.60. The fourth-order valence-electron chi connectivity index (χ4n) is 2.38. The van der Waals surface area contributed by atoms with Crippen molar-refractivity contribution in [3.63, 3.8) is 0 Å². The van der Waals surface area contributed by atoms with Gasteiger partial charge in [0, 0.05) is 28.2 Å². The smallest absolute Gasteiger partial charge is 0.328 e. The Morgan fingerprint density at radius 2 is 1.81 bits per heavy atom. The monoisotopic (exact) mass is 466 g/mol. The highest BCUT2D eigenvalue weighted by Crippen LogP contribution is 2.12. The van der Waals surface area contributed by atoms with Gasteiger partial charge in [-0.25, -0.2) is 4.79 Å². The van der Waals surface area contributed by atoms with Crippen molar-refractivity contribution >= 4 is 46.1 Å². The molecule has 2 rings (SSSR count). The number of hydrogen-bond acceptors (Lipinski definition) is 4. The highest BCUT2D eigenvalue weighted by atomic mass is 127. The van der Waals surface area contributed by atoms with Gasteiger partial charge in [-0.3, -0.25) is 9.59 Å². The largest absolute Gasteiger partial charge is 0.467 e. The molecule has 0 unspecified atom stereocenters. The first-order chi connectivity index (χ1) is 12.4.